The average molecular weight is 216 g/mol. The van der Waals surface area contributed by atoms with Crippen molar-refractivity contribution in [1.29, 1.82) is 0 Å². The predicted octanol–water partition coefficient (Wildman–Crippen LogP) is -1.61. The Kier molecular flexibility index (Phi) is 5.36. The SMILES string of the molecule is CCOC(=O)C(CC(=O)N(C)C)C(=O)[O-]. The van der Waals surface area contributed by atoms with E-state index in [2.05, 4.69) is 4.74 Å². The summed E-state index contributed by atoms with van der Waals surface area (Å²) in [6.07, 6.45) is -0.436. The van der Waals surface area contributed by atoms with Gasteiger partial charge in [0, 0.05) is 20.5 Å². The molecule has 0 aliphatic rings. The van der Waals surface area contributed by atoms with Gasteiger partial charge in [-0.1, -0.05) is 0 Å². The van der Waals surface area contributed by atoms with Gasteiger partial charge in [-0.3, -0.25) is 9.59 Å². The van der Waals surface area contributed by atoms with Gasteiger partial charge in [0.2, 0.25) is 5.91 Å². The molecule has 0 heterocycles. The van der Waals surface area contributed by atoms with E-state index in [-0.39, 0.29) is 6.61 Å². The van der Waals surface area contributed by atoms with Crippen molar-refractivity contribution in [3.63, 3.8) is 0 Å². The molecule has 0 aliphatic heterocycles. The van der Waals surface area contributed by atoms with Crippen molar-refractivity contribution in [2.24, 2.45) is 5.92 Å². The van der Waals surface area contributed by atoms with Crippen LogP contribution in [-0.2, 0) is 19.1 Å². The monoisotopic (exact) mass is 216 g/mol. The Bertz CT molecular complexity index is 261. The minimum absolute atomic E-state index is 0.0682. The maximum absolute atomic E-state index is 11.2. The lowest BCUT2D eigenvalue weighted by Gasteiger charge is -2.18. The van der Waals surface area contributed by atoms with Crippen molar-refractivity contribution in [3.05, 3.63) is 0 Å². The number of carboxylic acid groups (broad SMARTS) is 1. The summed E-state index contributed by atoms with van der Waals surface area (Å²) >= 11 is 0. The smallest absolute Gasteiger partial charge is 0.315 e. The molecule has 6 nitrogen and oxygen atoms in total. The highest BCUT2D eigenvalue weighted by atomic mass is 16.5. The van der Waals surface area contributed by atoms with Gasteiger partial charge in [-0.25, -0.2) is 0 Å². The first-order valence-electron chi connectivity index (χ1n) is 4.47. The lowest BCUT2D eigenvalue weighted by atomic mass is 10.1. The van der Waals surface area contributed by atoms with Crippen molar-refractivity contribution in [3.8, 4) is 0 Å². The van der Waals surface area contributed by atoms with E-state index in [0.717, 1.165) is 0 Å². The van der Waals surface area contributed by atoms with Crippen molar-refractivity contribution in [1.82, 2.24) is 4.90 Å². The number of hydrogen-bond acceptors (Lipinski definition) is 5. The molecule has 0 aromatic rings. The van der Waals surface area contributed by atoms with Crippen molar-refractivity contribution >= 4 is 17.8 Å². The van der Waals surface area contributed by atoms with Crippen molar-refractivity contribution < 1.29 is 24.2 Å². The van der Waals surface area contributed by atoms with Crippen LogP contribution in [0, 0.1) is 5.92 Å². The highest BCUT2D eigenvalue weighted by Gasteiger charge is 2.25. The van der Waals surface area contributed by atoms with Gasteiger partial charge in [-0.15, -0.1) is 0 Å². The molecule has 0 fully saturated rings. The minimum atomic E-state index is -1.59. The lowest BCUT2D eigenvalue weighted by molar-refractivity contribution is -0.310. The Balaban J connectivity index is 4.48. The standard InChI is InChI=1S/C9H15NO5/c1-4-15-9(14)6(8(12)13)5-7(11)10(2)3/h6H,4-5H2,1-3H3,(H,12,13)/p-1. The third-order valence-corrected chi connectivity index (χ3v) is 1.73. The highest BCUT2D eigenvalue weighted by molar-refractivity contribution is 5.97. The number of amides is 1. The third kappa shape index (κ3) is 4.44. The van der Waals surface area contributed by atoms with Crippen LogP contribution < -0.4 is 5.11 Å². The van der Waals surface area contributed by atoms with Crippen LogP contribution in [0.3, 0.4) is 0 Å². The summed E-state index contributed by atoms with van der Waals surface area (Å²) in [5, 5.41) is 10.6. The van der Waals surface area contributed by atoms with Gasteiger partial charge in [-0.05, 0) is 6.92 Å². The van der Waals surface area contributed by atoms with Gasteiger partial charge in [0.1, 0.15) is 5.92 Å². The first kappa shape index (κ1) is 13.4. The Labute approximate surface area is 87.8 Å². The zero-order chi connectivity index (χ0) is 12.0. The molecule has 0 radical (unpaired) electrons. The zero-order valence-corrected chi connectivity index (χ0v) is 8.98. The Morgan fingerprint density at radius 2 is 1.87 bits per heavy atom. The van der Waals surface area contributed by atoms with Crippen LogP contribution in [0.4, 0.5) is 0 Å². The minimum Gasteiger partial charge on any atom is -0.549 e. The summed E-state index contributed by atoms with van der Waals surface area (Å²) in [6.45, 7) is 1.62. The first-order chi connectivity index (χ1) is 6.90. The topological polar surface area (TPSA) is 86.7 Å². The largest absolute Gasteiger partial charge is 0.549 e. The molecule has 1 atom stereocenters. The van der Waals surface area contributed by atoms with Crippen molar-refractivity contribution in [2.75, 3.05) is 20.7 Å². The van der Waals surface area contributed by atoms with E-state index in [1.54, 1.807) is 6.92 Å². The second kappa shape index (κ2) is 6.00. The van der Waals surface area contributed by atoms with Crippen LogP contribution in [0.25, 0.3) is 0 Å². The quantitative estimate of drug-likeness (QED) is 0.408. The Morgan fingerprint density at radius 1 is 1.33 bits per heavy atom. The molecular formula is C9H14NO5-. The van der Waals surface area contributed by atoms with Gasteiger partial charge in [0.25, 0.3) is 0 Å². The molecule has 0 aromatic carbocycles. The molecule has 15 heavy (non-hydrogen) atoms. The number of esters is 1. The normalized spacial score (nSPS) is 11.7. The summed E-state index contributed by atoms with van der Waals surface area (Å²) in [5.41, 5.74) is 0. The van der Waals surface area contributed by atoms with Crippen LogP contribution in [0.15, 0.2) is 0 Å². The fraction of sp³-hybridized carbons (Fsp3) is 0.667. The summed E-state index contributed by atoms with van der Waals surface area (Å²) in [5.74, 6) is -4.52. The van der Waals surface area contributed by atoms with E-state index in [1.165, 1.54) is 19.0 Å². The number of ether oxygens (including phenoxy) is 1. The van der Waals surface area contributed by atoms with Gasteiger partial charge in [0.05, 0.1) is 12.6 Å². The van der Waals surface area contributed by atoms with Crippen LogP contribution in [0.5, 0.6) is 0 Å². The molecule has 0 aromatic heterocycles. The molecule has 86 valence electrons. The van der Waals surface area contributed by atoms with E-state index in [4.69, 9.17) is 0 Å². The molecule has 0 bridgehead atoms. The number of nitrogens with zero attached hydrogens (tertiary/aromatic N) is 1. The second-order valence-corrected chi connectivity index (χ2v) is 3.12. The zero-order valence-electron chi connectivity index (χ0n) is 8.98. The van der Waals surface area contributed by atoms with Gasteiger partial charge < -0.3 is 19.5 Å². The lowest BCUT2D eigenvalue weighted by Crippen LogP contribution is -2.40. The first-order valence-corrected chi connectivity index (χ1v) is 4.47. The molecule has 1 amide bonds. The number of carbonyl (C=O) groups excluding carboxylic acids is 3. The molecule has 0 aliphatic carbocycles. The molecule has 0 saturated heterocycles. The average Bonchev–Trinajstić information content (AvgIpc) is 2.13. The molecule has 1 unspecified atom stereocenters. The predicted molar refractivity (Wildman–Crippen MR) is 48.4 cm³/mol. The van der Waals surface area contributed by atoms with Gasteiger partial charge in [-0.2, -0.15) is 0 Å². The number of hydrogen-bond donors (Lipinski definition) is 0. The van der Waals surface area contributed by atoms with Gasteiger partial charge >= 0.3 is 5.97 Å². The fourth-order valence-corrected chi connectivity index (χ4v) is 0.863. The summed E-state index contributed by atoms with van der Waals surface area (Å²) in [6, 6.07) is 0. The highest BCUT2D eigenvalue weighted by Crippen LogP contribution is 2.06. The number of carbonyl (C=O) groups is 3. The van der Waals surface area contributed by atoms with Crippen LogP contribution in [-0.4, -0.2) is 43.4 Å². The Hall–Kier alpha value is -1.59. The fourth-order valence-electron chi connectivity index (χ4n) is 0.863. The second-order valence-electron chi connectivity index (χ2n) is 3.12. The summed E-state index contributed by atoms with van der Waals surface area (Å²) in [7, 11) is 2.94. The maximum Gasteiger partial charge on any atom is 0.315 e. The van der Waals surface area contributed by atoms with E-state index < -0.39 is 30.2 Å². The molecule has 0 N–H and O–H groups in total. The van der Waals surface area contributed by atoms with Crippen LogP contribution in [0.1, 0.15) is 13.3 Å². The van der Waals surface area contributed by atoms with Gasteiger partial charge in [0.15, 0.2) is 0 Å². The third-order valence-electron chi connectivity index (χ3n) is 1.73. The molecular weight excluding hydrogens is 202 g/mol. The summed E-state index contributed by atoms with van der Waals surface area (Å²) in [4.78, 5) is 34.1. The number of carboxylic acids is 1. The summed E-state index contributed by atoms with van der Waals surface area (Å²) < 4.78 is 4.52. The molecule has 6 heteroatoms. The van der Waals surface area contributed by atoms with E-state index >= 15 is 0 Å². The molecule has 0 saturated carbocycles. The number of aliphatic carboxylic acids is 1. The molecule has 0 rings (SSSR count). The van der Waals surface area contributed by atoms with E-state index in [1.807, 2.05) is 0 Å². The van der Waals surface area contributed by atoms with E-state index in [9.17, 15) is 19.5 Å². The molecule has 0 spiro atoms. The Morgan fingerprint density at radius 3 is 2.20 bits per heavy atom. The number of rotatable bonds is 5. The van der Waals surface area contributed by atoms with Crippen LogP contribution >= 0.6 is 0 Å². The van der Waals surface area contributed by atoms with Crippen molar-refractivity contribution in [2.45, 2.75) is 13.3 Å². The maximum atomic E-state index is 11.2. The van der Waals surface area contributed by atoms with E-state index in [0.29, 0.717) is 0 Å². The van der Waals surface area contributed by atoms with Crippen LogP contribution in [0.2, 0.25) is 0 Å².